The van der Waals surface area contributed by atoms with Crippen molar-refractivity contribution in [3.63, 3.8) is 0 Å². The van der Waals surface area contributed by atoms with Gasteiger partial charge in [0.25, 0.3) is 0 Å². The molecule has 0 bridgehead atoms. The number of hydrogen-bond acceptors (Lipinski definition) is 11. The van der Waals surface area contributed by atoms with Crippen LogP contribution in [0.15, 0.2) is 0 Å². The lowest BCUT2D eigenvalue weighted by atomic mass is 9.98. The Morgan fingerprint density at radius 1 is 1.19 bits per heavy atom. The van der Waals surface area contributed by atoms with E-state index in [9.17, 15) is 39.9 Å². The van der Waals surface area contributed by atoms with Crippen molar-refractivity contribution in [2.75, 3.05) is 6.61 Å². The maximum atomic E-state index is 11.3. The first-order valence-corrected chi connectivity index (χ1v) is 7.82. The van der Waals surface area contributed by atoms with Gasteiger partial charge in [-0.05, 0) is 0 Å². The van der Waals surface area contributed by atoms with Crippen LogP contribution in [0.2, 0.25) is 0 Å². The Labute approximate surface area is 152 Å². The average molecular weight is 397 g/mol. The van der Waals surface area contributed by atoms with Crippen molar-refractivity contribution in [2.45, 2.75) is 62.0 Å². The Kier molecular flexibility index (Phi) is 8.64. The normalized spacial score (nSPS) is 32.8. The molecule has 0 aromatic heterocycles. The van der Waals surface area contributed by atoms with Gasteiger partial charge in [-0.3, -0.25) is 4.79 Å². The lowest BCUT2D eigenvalue weighted by Gasteiger charge is -2.41. The van der Waals surface area contributed by atoms with Crippen molar-refractivity contribution >= 4 is 18.2 Å². The van der Waals surface area contributed by atoms with Gasteiger partial charge in [0.05, 0.1) is 6.61 Å². The molecule has 13 heteroatoms. The molecule has 1 aliphatic rings. The van der Waals surface area contributed by atoms with Crippen molar-refractivity contribution in [1.82, 2.24) is 5.32 Å². The molecule has 0 saturated carbocycles. The molecular formula is C14H23NO12. The van der Waals surface area contributed by atoms with Gasteiger partial charge in [0.2, 0.25) is 5.91 Å². The van der Waals surface area contributed by atoms with Gasteiger partial charge >= 0.3 is 5.97 Å². The number of aliphatic hydroxyl groups excluding tert-OH is 6. The average Bonchev–Trinajstić information content (AvgIpc) is 2.62. The number of aldehydes is 1. The smallest absolute Gasteiger partial charge is 0.335 e. The zero-order valence-electron chi connectivity index (χ0n) is 14.2. The number of rotatable bonds is 9. The predicted octanol–water partition coefficient (Wildman–Crippen LogP) is -5.32. The molecule has 13 nitrogen and oxygen atoms in total. The summed E-state index contributed by atoms with van der Waals surface area (Å²) < 4.78 is 10.0. The molecule has 27 heavy (non-hydrogen) atoms. The quantitative estimate of drug-likeness (QED) is 0.171. The molecule has 1 aliphatic heterocycles. The molecule has 0 spiro atoms. The monoisotopic (exact) mass is 397 g/mol. The molecule has 0 unspecified atom stereocenters. The van der Waals surface area contributed by atoms with Crippen LogP contribution in [-0.4, -0.2) is 116 Å². The SMILES string of the molecule is CC(=O)N[C@@H](C=O)[C@@H](O[C@@H]1O[C@H](C(=O)O)[C@@H](O)[C@H](O)[C@H]1O)[C@@H](O)[C@H](O)CO. The number of hydrogen-bond donors (Lipinski definition) is 8. The second kappa shape index (κ2) is 10.0. The maximum absolute atomic E-state index is 11.3. The summed E-state index contributed by atoms with van der Waals surface area (Å²) in [5, 5.41) is 69.1. The Bertz CT molecular complexity index is 530. The van der Waals surface area contributed by atoms with Crippen LogP contribution in [0.5, 0.6) is 0 Å². The van der Waals surface area contributed by atoms with Crippen LogP contribution in [-0.2, 0) is 23.9 Å². The van der Waals surface area contributed by atoms with Crippen LogP contribution < -0.4 is 5.32 Å². The molecule has 1 rings (SSSR count). The van der Waals surface area contributed by atoms with Crippen molar-refractivity contribution in [1.29, 1.82) is 0 Å². The minimum Gasteiger partial charge on any atom is -0.479 e. The molecule has 1 saturated heterocycles. The zero-order valence-corrected chi connectivity index (χ0v) is 14.2. The number of aliphatic hydroxyl groups is 6. The summed E-state index contributed by atoms with van der Waals surface area (Å²) in [6.45, 7) is 0.0782. The fraction of sp³-hybridized carbons (Fsp3) is 0.786. The van der Waals surface area contributed by atoms with E-state index in [-0.39, 0.29) is 6.29 Å². The van der Waals surface area contributed by atoms with Crippen LogP contribution in [0.1, 0.15) is 6.92 Å². The third kappa shape index (κ3) is 5.63. The topological polar surface area (TPSA) is 223 Å². The van der Waals surface area contributed by atoms with Gasteiger partial charge < -0.3 is 55.3 Å². The van der Waals surface area contributed by atoms with Gasteiger partial charge in [-0.25, -0.2) is 4.79 Å². The Morgan fingerprint density at radius 2 is 1.78 bits per heavy atom. The number of carboxylic acid groups (broad SMARTS) is 1. The first-order chi connectivity index (χ1) is 12.5. The largest absolute Gasteiger partial charge is 0.479 e. The van der Waals surface area contributed by atoms with Gasteiger partial charge in [-0.2, -0.15) is 0 Å². The fourth-order valence-electron chi connectivity index (χ4n) is 2.45. The molecule has 1 amide bonds. The first-order valence-electron chi connectivity index (χ1n) is 7.82. The number of carbonyl (C=O) groups is 3. The van der Waals surface area contributed by atoms with Crippen LogP contribution in [0.4, 0.5) is 0 Å². The molecule has 1 fully saturated rings. The van der Waals surface area contributed by atoms with Gasteiger partial charge in [0.1, 0.15) is 49.0 Å². The summed E-state index contributed by atoms with van der Waals surface area (Å²) in [7, 11) is 0. The summed E-state index contributed by atoms with van der Waals surface area (Å²) in [6, 6.07) is -1.60. The van der Waals surface area contributed by atoms with E-state index in [2.05, 4.69) is 5.32 Å². The van der Waals surface area contributed by atoms with Crippen molar-refractivity contribution < 1.29 is 59.6 Å². The van der Waals surface area contributed by atoms with E-state index in [0.717, 1.165) is 6.92 Å². The molecule has 8 N–H and O–H groups in total. The van der Waals surface area contributed by atoms with E-state index >= 15 is 0 Å². The number of aliphatic carboxylic acids is 1. The number of carboxylic acids is 1. The summed E-state index contributed by atoms with van der Waals surface area (Å²) in [5.74, 6) is -2.42. The molecule has 9 atom stereocenters. The number of ether oxygens (including phenoxy) is 2. The molecule has 0 radical (unpaired) electrons. The van der Waals surface area contributed by atoms with Crippen LogP contribution in [0.3, 0.4) is 0 Å². The first kappa shape index (κ1) is 23.3. The zero-order chi connectivity index (χ0) is 20.9. The van der Waals surface area contributed by atoms with E-state index in [1.165, 1.54) is 0 Å². The van der Waals surface area contributed by atoms with Gasteiger partial charge in [-0.15, -0.1) is 0 Å². The highest BCUT2D eigenvalue weighted by molar-refractivity contribution is 5.77. The highest BCUT2D eigenvalue weighted by atomic mass is 16.7. The highest BCUT2D eigenvalue weighted by Gasteiger charge is 2.49. The van der Waals surface area contributed by atoms with E-state index in [1.54, 1.807) is 0 Å². The summed E-state index contributed by atoms with van der Waals surface area (Å²) in [6.07, 6.45) is -15.5. The van der Waals surface area contributed by atoms with Crippen LogP contribution >= 0.6 is 0 Å². The summed E-state index contributed by atoms with van der Waals surface area (Å²) in [4.78, 5) is 33.6. The highest BCUT2D eigenvalue weighted by Crippen LogP contribution is 2.25. The van der Waals surface area contributed by atoms with Gasteiger partial charge in [0, 0.05) is 6.92 Å². The molecule has 0 aliphatic carbocycles. The second-order valence-electron chi connectivity index (χ2n) is 5.94. The minimum absolute atomic E-state index is 0.133. The number of nitrogens with one attached hydrogen (secondary N) is 1. The van der Waals surface area contributed by atoms with Crippen molar-refractivity contribution in [3.05, 3.63) is 0 Å². The minimum atomic E-state index is -2.01. The Balaban J connectivity index is 3.12. The summed E-state index contributed by atoms with van der Waals surface area (Å²) >= 11 is 0. The molecule has 0 aromatic carbocycles. The van der Waals surface area contributed by atoms with E-state index < -0.39 is 73.5 Å². The third-order valence-corrected chi connectivity index (χ3v) is 3.89. The summed E-state index contributed by atoms with van der Waals surface area (Å²) in [5.41, 5.74) is 0. The molecule has 1 heterocycles. The van der Waals surface area contributed by atoms with E-state index in [4.69, 9.17) is 19.7 Å². The molecular weight excluding hydrogens is 374 g/mol. The standard InChI is InChI=1S/C14H23NO12/c1-4(18)15-5(2-16)11(7(20)6(19)3-17)26-14-10(23)8(21)9(22)12(27-14)13(24)25/h2,5-12,14,17,19-23H,3H2,1H3,(H,15,18)(H,24,25)/t5-,6+,7-,8-,9-,10+,11+,12-,14+/m0/s1. The molecule has 156 valence electrons. The number of amides is 1. The number of carbonyl (C=O) groups excluding carboxylic acids is 2. The van der Waals surface area contributed by atoms with Crippen molar-refractivity contribution in [2.24, 2.45) is 0 Å². The fourth-order valence-corrected chi connectivity index (χ4v) is 2.45. The predicted molar refractivity (Wildman–Crippen MR) is 82.0 cm³/mol. The van der Waals surface area contributed by atoms with Gasteiger partial charge in [0.15, 0.2) is 12.4 Å². The van der Waals surface area contributed by atoms with E-state index in [1.807, 2.05) is 0 Å². The molecule has 0 aromatic rings. The van der Waals surface area contributed by atoms with E-state index in [0.29, 0.717) is 0 Å². The lowest BCUT2D eigenvalue weighted by molar-refractivity contribution is -0.314. The second-order valence-corrected chi connectivity index (χ2v) is 5.94. The third-order valence-electron chi connectivity index (χ3n) is 3.89. The van der Waals surface area contributed by atoms with Crippen LogP contribution in [0, 0.1) is 0 Å². The lowest BCUT2D eigenvalue weighted by Crippen LogP contribution is -2.63. The Morgan fingerprint density at radius 3 is 2.22 bits per heavy atom. The van der Waals surface area contributed by atoms with Crippen LogP contribution in [0.25, 0.3) is 0 Å². The van der Waals surface area contributed by atoms with Crippen molar-refractivity contribution in [3.8, 4) is 0 Å². The maximum Gasteiger partial charge on any atom is 0.335 e. The Hall–Kier alpha value is -1.71. The van der Waals surface area contributed by atoms with Gasteiger partial charge in [-0.1, -0.05) is 0 Å².